The van der Waals surface area contributed by atoms with E-state index in [4.69, 9.17) is 0 Å². The molecule has 2 rings (SSSR count). The molecule has 0 saturated heterocycles. The van der Waals surface area contributed by atoms with E-state index in [0.29, 0.717) is 11.8 Å². The van der Waals surface area contributed by atoms with E-state index in [9.17, 15) is 4.79 Å². The first-order chi connectivity index (χ1) is 7.25. The van der Waals surface area contributed by atoms with Gasteiger partial charge in [-0.15, -0.1) is 5.10 Å². The Morgan fingerprint density at radius 1 is 1.40 bits per heavy atom. The third-order valence-electron chi connectivity index (χ3n) is 2.81. The topological polar surface area (TPSA) is 70.7 Å². The molecule has 1 fully saturated rings. The quantitative estimate of drug-likeness (QED) is 0.776. The Kier molecular flexibility index (Phi) is 2.99. The molecule has 0 aromatic carbocycles. The smallest absolute Gasteiger partial charge is 0.248 e. The van der Waals surface area contributed by atoms with E-state index in [1.807, 2.05) is 6.92 Å². The summed E-state index contributed by atoms with van der Waals surface area (Å²) >= 11 is 0. The molecule has 82 valence electrons. The van der Waals surface area contributed by atoms with Gasteiger partial charge in [0.2, 0.25) is 11.9 Å². The highest BCUT2D eigenvalue weighted by Crippen LogP contribution is 2.24. The molecule has 0 bridgehead atoms. The first kappa shape index (κ1) is 10.1. The van der Waals surface area contributed by atoms with Crippen molar-refractivity contribution in [2.75, 3.05) is 5.32 Å². The standard InChI is InChI=1S/C10H16N4O/c1-7-11-10(14-13-7)12-9(15)8-5-3-2-4-6-8/h8H,2-6H2,1H3,(H2,11,12,13,14,15). The van der Waals surface area contributed by atoms with Gasteiger partial charge in [-0.05, 0) is 19.8 Å². The fourth-order valence-corrected chi connectivity index (χ4v) is 1.98. The number of nitrogens with zero attached hydrogens (tertiary/aromatic N) is 2. The van der Waals surface area contributed by atoms with Crippen LogP contribution in [0.5, 0.6) is 0 Å². The van der Waals surface area contributed by atoms with Crippen LogP contribution in [0, 0.1) is 12.8 Å². The summed E-state index contributed by atoms with van der Waals surface area (Å²) in [6.45, 7) is 1.81. The largest absolute Gasteiger partial charge is 0.293 e. The van der Waals surface area contributed by atoms with Crippen LogP contribution in [0.15, 0.2) is 0 Å². The van der Waals surface area contributed by atoms with E-state index < -0.39 is 0 Å². The van der Waals surface area contributed by atoms with Gasteiger partial charge in [0.15, 0.2) is 0 Å². The fourth-order valence-electron chi connectivity index (χ4n) is 1.98. The van der Waals surface area contributed by atoms with Crippen LogP contribution in [0.1, 0.15) is 37.9 Å². The predicted molar refractivity (Wildman–Crippen MR) is 56.3 cm³/mol. The van der Waals surface area contributed by atoms with E-state index in [1.54, 1.807) is 0 Å². The van der Waals surface area contributed by atoms with Crippen LogP contribution in [0.25, 0.3) is 0 Å². The van der Waals surface area contributed by atoms with Gasteiger partial charge >= 0.3 is 0 Å². The molecule has 1 aromatic rings. The Morgan fingerprint density at radius 3 is 2.73 bits per heavy atom. The van der Waals surface area contributed by atoms with Gasteiger partial charge in [-0.1, -0.05) is 19.3 Å². The van der Waals surface area contributed by atoms with Crippen LogP contribution in [-0.4, -0.2) is 21.1 Å². The number of anilines is 1. The van der Waals surface area contributed by atoms with Crippen molar-refractivity contribution in [3.05, 3.63) is 5.82 Å². The Labute approximate surface area is 88.7 Å². The first-order valence-corrected chi connectivity index (χ1v) is 5.45. The summed E-state index contributed by atoms with van der Waals surface area (Å²) in [5.41, 5.74) is 0. The second kappa shape index (κ2) is 4.42. The molecule has 15 heavy (non-hydrogen) atoms. The molecule has 0 unspecified atom stereocenters. The van der Waals surface area contributed by atoms with E-state index in [1.165, 1.54) is 6.42 Å². The highest BCUT2D eigenvalue weighted by Gasteiger charge is 2.21. The summed E-state index contributed by atoms with van der Waals surface area (Å²) in [4.78, 5) is 15.8. The number of rotatable bonds is 2. The normalized spacial score (nSPS) is 17.7. The van der Waals surface area contributed by atoms with Crippen molar-refractivity contribution in [1.82, 2.24) is 15.2 Å². The maximum atomic E-state index is 11.8. The zero-order valence-electron chi connectivity index (χ0n) is 8.92. The lowest BCUT2D eigenvalue weighted by Crippen LogP contribution is -2.25. The molecule has 1 amide bonds. The molecule has 0 atom stereocenters. The van der Waals surface area contributed by atoms with E-state index in [2.05, 4.69) is 20.5 Å². The van der Waals surface area contributed by atoms with Crippen molar-refractivity contribution >= 4 is 11.9 Å². The Morgan fingerprint density at radius 2 is 2.13 bits per heavy atom. The number of hydrogen-bond acceptors (Lipinski definition) is 3. The maximum absolute atomic E-state index is 11.8. The average Bonchev–Trinajstić information content (AvgIpc) is 2.65. The summed E-state index contributed by atoms with van der Waals surface area (Å²) in [7, 11) is 0. The molecule has 0 radical (unpaired) electrons. The maximum Gasteiger partial charge on any atom is 0.248 e. The lowest BCUT2D eigenvalue weighted by Gasteiger charge is -2.19. The average molecular weight is 208 g/mol. The summed E-state index contributed by atoms with van der Waals surface area (Å²) < 4.78 is 0. The third-order valence-corrected chi connectivity index (χ3v) is 2.81. The van der Waals surface area contributed by atoms with E-state index in [-0.39, 0.29) is 11.8 Å². The van der Waals surface area contributed by atoms with Crippen LogP contribution >= 0.6 is 0 Å². The minimum Gasteiger partial charge on any atom is -0.293 e. The van der Waals surface area contributed by atoms with Crippen molar-refractivity contribution < 1.29 is 4.79 Å². The summed E-state index contributed by atoms with van der Waals surface area (Å²) in [5, 5.41) is 9.32. The van der Waals surface area contributed by atoms with Gasteiger partial charge in [-0.2, -0.15) is 4.98 Å². The number of aryl methyl sites for hydroxylation is 1. The number of carbonyl (C=O) groups is 1. The van der Waals surface area contributed by atoms with Gasteiger partial charge < -0.3 is 0 Å². The number of H-pyrrole nitrogens is 1. The zero-order valence-corrected chi connectivity index (χ0v) is 8.92. The Hall–Kier alpha value is -1.39. The van der Waals surface area contributed by atoms with Crippen molar-refractivity contribution in [2.45, 2.75) is 39.0 Å². The molecule has 2 N–H and O–H groups in total. The number of aromatic amines is 1. The molecule has 5 nitrogen and oxygen atoms in total. The number of aromatic nitrogens is 3. The fraction of sp³-hybridized carbons (Fsp3) is 0.700. The van der Waals surface area contributed by atoms with Crippen molar-refractivity contribution in [3.8, 4) is 0 Å². The van der Waals surface area contributed by atoms with Gasteiger partial charge in [0, 0.05) is 5.92 Å². The molecule has 0 aliphatic heterocycles. The minimum atomic E-state index is 0.0636. The van der Waals surface area contributed by atoms with Gasteiger partial charge in [0.25, 0.3) is 0 Å². The molecule has 1 heterocycles. The first-order valence-electron chi connectivity index (χ1n) is 5.45. The van der Waals surface area contributed by atoms with Gasteiger partial charge in [0.05, 0.1) is 0 Å². The van der Waals surface area contributed by atoms with Crippen LogP contribution in [-0.2, 0) is 4.79 Å². The van der Waals surface area contributed by atoms with Crippen molar-refractivity contribution in [2.24, 2.45) is 5.92 Å². The van der Waals surface area contributed by atoms with Crippen LogP contribution in [0.3, 0.4) is 0 Å². The van der Waals surface area contributed by atoms with Crippen molar-refractivity contribution in [3.63, 3.8) is 0 Å². The molecule has 1 aliphatic carbocycles. The van der Waals surface area contributed by atoms with E-state index >= 15 is 0 Å². The molecule has 1 aliphatic rings. The number of hydrogen-bond donors (Lipinski definition) is 2. The van der Waals surface area contributed by atoms with Crippen LogP contribution < -0.4 is 5.32 Å². The highest BCUT2D eigenvalue weighted by molar-refractivity contribution is 5.90. The molecule has 5 heteroatoms. The van der Waals surface area contributed by atoms with Crippen LogP contribution in [0.2, 0.25) is 0 Å². The van der Waals surface area contributed by atoms with Gasteiger partial charge in [-0.3, -0.25) is 15.2 Å². The highest BCUT2D eigenvalue weighted by atomic mass is 16.2. The molecule has 1 saturated carbocycles. The lowest BCUT2D eigenvalue weighted by atomic mass is 9.89. The summed E-state index contributed by atoms with van der Waals surface area (Å²) in [6.07, 6.45) is 5.56. The number of amides is 1. The predicted octanol–water partition coefficient (Wildman–Crippen LogP) is 1.63. The van der Waals surface area contributed by atoms with Gasteiger partial charge in [-0.25, -0.2) is 0 Å². The van der Waals surface area contributed by atoms with E-state index in [0.717, 1.165) is 25.7 Å². The minimum absolute atomic E-state index is 0.0636. The monoisotopic (exact) mass is 208 g/mol. The van der Waals surface area contributed by atoms with Crippen LogP contribution in [0.4, 0.5) is 5.95 Å². The second-order valence-electron chi connectivity index (χ2n) is 4.07. The Balaban J connectivity index is 1.91. The molecular weight excluding hydrogens is 192 g/mol. The summed E-state index contributed by atoms with van der Waals surface area (Å²) in [6, 6.07) is 0. The van der Waals surface area contributed by atoms with Crippen molar-refractivity contribution in [1.29, 1.82) is 0 Å². The number of carbonyl (C=O) groups excluding carboxylic acids is 1. The Bertz CT molecular complexity index is 341. The second-order valence-corrected chi connectivity index (χ2v) is 4.07. The molecule has 1 aromatic heterocycles. The third kappa shape index (κ3) is 2.55. The zero-order chi connectivity index (χ0) is 10.7. The molecule has 0 spiro atoms. The lowest BCUT2D eigenvalue weighted by molar-refractivity contribution is -0.120. The summed E-state index contributed by atoms with van der Waals surface area (Å²) in [5.74, 6) is 1.32. The SMILES string of the molecule is Cc1nc(NC(=O)C2CCCCC2)n[nH]1. The molecular formula is C10H16N4O. The van der Waals surface area contributed by atoms with Gasteiger partial charge in [0.1, 0.15) is 5.82 Å². The number of nitrogens with one attached hydrogen (secondary N) is 2.